The van der Waals surface area contributed by atoms with E-state index in [1.807, 2.05) is 45.0 Å². The first-order valence-electron chi connectivity index (χ1n) is 8.14. The van der Waals surface area contributed by atoms with Gasteiger partial charge in [-0.1, -0.05) is 24.3 Å². The normalized spacial score (nSPS) is 11.2. The summed E-state index contributed by atoms with van der Waals surface area (Å²) in [5.41, 5.74) is 7.92. The molecule has 0 spiro atoms. The van der Waals surface area contributed by atoms with Gasteiger partial charge in [-0.15, -0.1) is 0 Å². The van der Waals surface area contributed by atoms with Crippen molar-refractivity contribution in [3.05, 3.63) is 70.8 Å². The van der Waals surface area contributed by atoms with E-state index in [0.29, 0.717) is 24.3 Å². The third-order valence-electron chi connectivity index (χ3n) is 3.55. The molecule has 2 rings (SSSR count). The molecular formula is C20H24N2O3. The van der Waals surface area contributed by atoms with Crippen molar-refractivity contribution in [2.75, 3.05) is 0 Å². The Morgan fingerprint density at radius 2 is 1.60 bits per heavy atom. The van der Waals surface area contributed by atoms with Crippen molar-refractivity contribution in [1.82, 2.24) is 5.32 Å². The van der Waals surface area contributed by atoms with Gasteiger partial charge in [-0.05, 0) is 56.2 Å². The minimum Gasteiger partial charge on any atom is -0.371 e. The molecule has 0 aliphatic heterocycles. The Morgan fingerprint density at radius 3 is 2.20 bits per heavy atom. The van der Waals surface area contributed by atoms with Crippen LogP contribution in [0.15, 0.2) is 48.5 Å². The lowest BCUT2D eigenvalue weighted by atomic mass is 10.1. The molecule has 0 atom stereocenters. The molecule has 2 aromatic carbocycles. The standard InChI is InChI=1S/C20H24N2O3/c1-20(2,3)25-13-15-6-4-5-14(11-15)12-22-19(24)17-9-7-16(8-10-17)18(21)23/h4-11H,12-13H2,1-3H3,(H2,21,23)(H,22,24). The number of carbonyl (C=O) groups excluding carboxylic acids is 2. The summed E-state index contributed by atoms with van der Waals surface area (Å²) < 4.78 is 5.77. The molecule has 0 radical (unpaired) electrons. The summed E-state index contributed by atoms with van der Waals surface area (Å²) in [5.74, 6) is -0.714. The summed E-state index contributed by atoms with van der Waals surface area (Å²) in [6, 6.07) is 14.2. The number of nitrogens with two attached hydrogens (primary N) is 1. The lowest BCUT2D eigenvalue weighted by molar-refractivity contribution is -0.0149. The van der Waals surface area contributed by atoms with Crippen LogP contribution in [0.1, 0.15) is 52.6 Å². The number of hydrogen-bond donors (Lipinski definition) is 2. The Morgan fingerprint density at radius 1 is 1.00 bits per heavy atom. The molecule has 2 amide bonds. The van der Waals surface area contributed by atoms with E-state index >= 15 is 0 Å². The van der Waals surface area contributed by atoms with Gasteiger partial charge in [0.15, 0.2) is 0 Å². The number of hydrogen-bond acceptors (Lipinski definition) is 3. The molecule has 0 heterocycles. The fourth-order valence-corrected chi connectivity index (χ4v) is 2.20. The van der Waals surface area contributed by atoms with E-state index in [1.165, 1.54) is 0 Å². The average molecular weight is 340 g/mol. The molecule has 0 unspecified atom stereocenters. The third-order valence-corrected chi connectivity index (χ3v) is 3.55. The highest BCUT2D eigenvalue weighted by Gasteiger charge is 2.10. The van der Waals surface area contributed by atoms with Crippen LogP contribution in [0.2, 0.25) is 0 Å². The van der Waals surface area contributed by atoms with Crippen LogP contribution in [0.25, 0.3) is 0 Å². The minimum absolute atomic E-state index is 0.193. The number of amides is 2. The molecular weight excluding hydrogens is 316 g/mol. The first-order valence-corrected chi connectivity index (χ1v) is 8.14. The Kier molecular flexibility index (Phi) is 5.93. The van der Waals surface area contributed by atoms with E-state index in [-0.39, 0.29) is 11.5 Å². The summed E-state index contributed by atoms with van der Waals surface area (Å²) in [4.78, 5) is 23.2. The van der Waals surface area contributed by atoms with Crippen molar-refractivity contribution in [1.29, 1.82) is 0 Å². The zero-order valence-corrected chi connectivity index (χ0v) is 14.8. The smallest absolute Gasteiger partial charge is 0.251 e. The molecule has 3 N–H and O–H groups in total. The SMILES string of the molecule is CC(C)(C)OCc1cccc(CNC(=O)c2ccc(C(N)=O)cc2)c1. The molecule has 0 aliphatic carbocycles. The zero-order chi connectivity index (χ0) is 18.4. The van der Waals surface area contributed by atoms with Gasteiger partial charge in [-0.25, -0.2) is 0 Å². The van der Waals surface area contributed by atoms with Gasteiger partial charge >= 0.3 is 0 Å². The second kappa shape index (κ2) is 7.94. The van der Waals surface area contributed by atoms with E-state index < -0.39 is 5.91 Å². The van der Waals surface area contributed by atoms with E-state index in [9.17, 15) is 9.59 Å². The number of carbonyl (C=O) groups is 2. The monoisotopic (exact) mass is 340 g/mol. The van der Waals surface area contributed by atoms with Gasteiger partial charge < -0.3 is 15.8 Å². The Labute approximate surface area is 148 Å². The lowest BCUT2D eigenvalue weighted by Gasteiger charge is -2.19. The number of rotatable bonds is 6. The molecule has 0 bridgehead atoms. The fraction of sp³-hybridized carbons (Fsp3) is 0.300. The molecule has 0 aromatic heterocycles. The quantitative estimate of drug-likeness (QED) is 0.848. The van der Waals surface area contributed by atoms with Crippen molar-refractivity contribution >= 4 is 11.8 Å². The molecule has 0 aliphatic rings. The highest BCUT2D eigenvalue weighted by atomic mass is 16.5. The molecule has 0 saturated heterocycles. The van der Waals surface area contributed by atoms with Gasteiger partial charge in [0.2, 0.25) is 5.91 Å². The maximum atomic E-state index is 12.2. The number of primary amides is 1. The molecule has 5 heteroatoms. The van der Waals surface area contributed by atoms with Crippen LogP contribution in [-0.4, -0.2) is 17.4 Å². The molecule has 132 valence electrons. The van der Waals surface area contributed by atoms with Crippen LogP contribution in [-0.2, 0) is 17.9 Å². The highest BCUT2D eigenvalue weighted by Crippen LogP contribution is 2.13. The number of ether oxygens (including phenoxy) is 1. The van der Waals surface area contributed by atoms with Gasteiger partial charge in [0.1, 0.15) is 0 Å². The summed E-state index contributed by atoms with van der Waals surface area (Å²) in [6.45, 7) is 6.99. The Hall–Kier alpha value is -2.66. The Balaban J connectivity index is 1.94. The van der Waals surface area contributed by atoms with Crippen molar-refractivity contribution in [2.24, 2.45) is 5.73 Å². The largest absolute Gasteiger partial charge is 0.371 e. The first-order chi connectivity index (χ1) is 11.7. The van der Waals surface area contributed by atoms with Gasteiger partial charge in [0.05, 0.1) is 12.2 Å². The fourth-order valence-electron chi connectivity index (χ4n) is 2.20. The molecule has 0 fully saturated rings. The summed E-state index contributed by atoms with van der Waals surface area (Å²) in [7, 11) is 0. The van der Waals surface area contributed by atoms with Crippen molar-refractivity contribution < 1.29 is 14.3 Å². The maximum Gasteiger partial charge on any atom is 0.251 e. The van der Waals surface area contributed by atoms with E-state index in [2.05, 4.69) is 5.32 Å². The Bertz CT molecular complexity index is 746. The number of benzene rings is 2. The van der Waals surface area contributed by atoms with Gasteiger partial charge in [0, 0.05) is 17.7 Å². The predicted octanol–water partition coefficient (Wildman–Crippen LogP) is 3.03. The van der Waals surface area contributed by atoms with Crippen LogP contribution < -0.4 is 11.1 Å². The zero-order valence-electron chi connectivity index (χ0n) is 14.8. The maximum absolute atomic E-state index is 12.2. The second-order valence-corrected chi connectivity index (χ2v) is 6.85. The van der Waals surface area contributed by atoms with Crippen molar-refractivity contribution in [2.45, 2.75) is 39.5 Å². The van der Waals surface area contributed by atoms with Gasteiger partial charge in [-0.2, -0.15) is 0 Å². The van der Waals surface area contributed by atoms with Crippen LogP contribution in [0, 0.1) is 0 Å². The van der Waals surface area contributed by atoms with E-state index in [4.69, 9.17) is 10.5 Å². The minimum atomic E-state index is -0.513. The number of nitrogens with one attached hydrogen (secondary N) is 1. The van der Waals surface area contributed by atoms with Crippen molar-refractivity contribution in [3.8, 4) is 0 Å². The van der Waals surface area contributed by atoms with Crippen LogP contribution in [0.3, 0.4) is 0 Å². The molecule has 5 nitrogen and oxygen atoms in total. The second-order valence-electron chi connectivity index (χ2n) is 6.85. The van der Waals surface area contributed by atoms with E-state index in [0.717, 1.165) is 11.1 Å². The van der Waals surface area contributed by atoms with Crippen LogP contribution >= 0.6 is 0 Å². The summed E-state index contributed by atoms with van der Waals surface area (Å²) >= 11 is 0. The lowest BCUT2D eigenvalue weighted by Crippen LogP contribution is -2.23. The average Bonchev–Trinajstić information content (AvgIpc) is 2.58. The topological polar surface area (TPSA) is 81.4 Å². The molecule has 0 saturated carbocycles. The first kappa shape index (κ1) is 18.7. The molecule has 2 aromatic rings. The summed E-state index contributed by atoms with van der Waals surface area (Å²) in [5, 5.41) is 2.87. The van der Waals surface area contributed by atoms with Crippen LogP contribution in [0.4, 0.5) is 0 Å². The van der Waals surface area contributed by atoms with Crippen molar-refractivity contribution in [3.63, 3.8) is 0 Å². The van der Waals surface area contributed by atoms with Gasteiger partial charge in [-0.3, -0.25) is 9.59 Å². The predicted molar refractivity (Wildman–Crippen MR) is 97.1 cm³/mol. The molecule has 25 heavy (non-hydrogen) atoms. The highest BCUT2D eigenvalue weighted by molar-refractivity contribution is 5.97. The third kappa shape index (κ3) is 6.04. The van der Waals surface area contributed by atoms with Gasteiger partial charge in [0.25, 0.3) is 5.91 Å². The van der Waals surface area contributed by atoms with Crippen LogP contribution in [0.5, 0.6) is 0 Å². The summed E-state index contributed by atoms with van der Waals surface area (Å²) in [6.07, 6.45) is 0. The van der Waals surface area contributed by atoms with E-state index in [1.54, 1.807) is 24.3 Å².